The second kappa shape index (κ2) is 6.45. The van der Waals surface area contributed by atoms with Gasteiger partial charge in [-0.05, 0) is 6.92 Å². The molecule has 1 amide bonds. The van der Waals surface area contributed by atoms with Gasteiger partial charge in [0.25, 0.3) is 0 Å². The van der Waals surface area contributed by atoms with Crippen LogP contribution >= 0.6 is 0 Å². The molecule has 0 unspecified atom stereocenters. The van der Waals surface area contributed by atoms with Gasteiger partial charge in [-0.2, -0.15) is 0 Å². The largest absolute Gasteiger partial charge is 0.512 e. The third-order valence-corrected chi connectivity index (χ3v) is 1.38. The molecule has 0 aliphatic heterocycles. The van der Waals surface area contributed by atoms with E-state index >= 15 is 0 Å². The summed E-state index contributed by atoms with van der Waals surface area (Å²) in [4.78, 5) is 12.5. The Kier molecular flexibility index (Phi) is 5.92. The number of carbonyl (C=O) groups excluding carboxylic acids is 1. The average Bonchev–Trinajstić information content (AvgIpc) is 2.02. The zero-order valence-electron chi connectivity index (χ0n) is 7.60. The van der Waals surface area contributed by atoms with Gasteiger partial charge in [0.15, 0.2) is 0 Å². The maximum absolute atomic E-state index is 11.2. The van der Waals surface area contributed by atoms with E-state index < -0.39 is 5.91 Å². The van der Waals surface area contributed by atoms with Crippen LogP contribution in [0, 0.1) is 0 Å². The number of hydrogen-bond acceptors (Lipinski definition) is 4. The molecule has 0 aromatic carbocycles. The van der Waals surface area contributed by atoms with Crippen molar-refractivity contribution in [2.24, 2.45) is 0 Å². The van der Waals surface area contributed by atoms with Crippen molar-refractivity contribution < 1.29 is 20.1 Å². The molecular weight excluding hydrogens is 174 g/mol. The minimum Gasteiger partial charge on any atom is -0.512 e. The molecule has 0 heterocycles. The minimum absolute atomic E-state index is 0.0918. The van der Waals surface area contributed by atoms with E-state index in [0.29, 0.717) is 0 Å². The summed E-state index contributed by atoms with van der Waals surface area (Å²) in [6.07, 6.45) is 1.05. The number of rotatable bonds is 5. The number of amides is 1. The molecule has 0 aliphatic rings. The number of nitrogens with zero attached hydrogens (tertiary/aromatic N) is 1. The first-order valence-electron chi connectivity index (χ1n) is 3.99. The fourth-order valence-electron chi connectivity index (χ4n) is 0.844. The molecule has 0 spiro atoms. The van der Waals surface area contributed by atoms with Crippen LogP contribution in [0.5, 0.6) is 0 Å². The van der Waals surface area contributed by atoms with E-state index in [9.17, 15) is 4.79 Å². The summed E-state index contributed by atoms with van der Waals surface area (Å²) in [7, 11) is 0. The van der Waals surface area contributed by atoms with Gasteiger partial charge in [0.1, 0.15) is 0 Å². The normalized spacial score (nSPS) is 11.5. The molecule has 0 aromatic rings. The molecule has 0 bridgehead atoms. The van der Waals surface area contributed by atoms with Gasteiger partial charge in [-0.15, -0.1) is 0 Å². The average molecular weight is 189 g/mol. The molecule has 0 saturated carbocycles. The van der Waals surface area contributed by atoms with Gasteiger partial charge in [-0.1, -0.05) is 0 Å². The van der Waals surface area contributed by atoms with Gasteiger partial charge in [0.2, 0.25) is 5.91 Å². The molecule has 0 aromatic heterocycles. The molecule has 0 fully saturated rings. The standard InChI is InChI=1S/C8H15NO4/c1-7(12)6-8(13)9(2-4-10)3-5-11/h6,10-12H,2-5H2,1H3. The highest BCUT2D eigenvalue weighted by molar-refractivity contribution is 5.87. The fourth-order valence-corrected chi connectivity index (χ4v) is 0.844. The van der Waals surface area contributed by atoms with E-state index in [2.05, 4.69) is 0 Å². The predicted molar refractivity (Wildman–Crippen MR) is 47.1 cm³/mol. The van der Waals surface area contributed by atoms with Crippen molar-refractivity contribution in [3.63, 3.8) is 0 Å². The van der Waals surface area contributed by atoms with E-state index in [1.807, 2.05) is 0 Å². The Labute approximate surface area is 76.9 Å². The first-order chi connectivity index (χ1) is 6.11. The van der Waals surface area contributed by atoms with Gasteiger partial charge in [-0.25, -0.2) is 0 Å². The molecule has 5 heteroatoms. The van der Waals surface area contributed by atoms with Crippen LogP contribution in [0.1, 0.15) is 6.92 Å². The monoisotopic (exact) mass is 189 g/mol. The Balaban J connectivity index is 4.19. The van der Waals surface area contributed by atoms with Crippen LogP contribution in [0.4, 0.5) is 0 Å². The highest BCUT2D eigenvalue weighted by Crippen LogP contribution is 1.93. The lowest BCUT2D eigenvalue weighted by Gasteiger charge is -2.18. The topological polar surface area (TPSA) is 81.0 Å². The van der Waals surface area contributed by atoms with Crippen LogP contribution in [0.25, 0.3) is 0 Å². The Morgan fingerprint density at radius 1 is 1.31 bits per heavy atom. The summed E-state index contributed by atoms with van der Waals surface area (Å²) >= 11 is 0. The first-order valence-corrected chi connectivity index (χ1v) is 3.99. The van der Waals surface area contributed by atoms with Crippen molar-refractivity contribution in [1.82, 2.24) is 4.90 Å². The summed E-state index contributed by atoms with van der Waals surface area (Å²) in [6, 6.07) is 0. The molecule has 0 radical (unpaired) electrons. The lowest BCUT2D eigenvalue weighted by atomic mass is 10.4. The first kappa shape index (κ1) is 11.9. The zero-order chi connectivity index (χ0) is 10.3. The molecule has 0 saturated heterocycles. The second-order valence-electron chi connectivity index (χ2n) is 2.56. The third kappa shape index (κ3) is 5.21. The third-order valence-electron chi connectivity index (χ3n) is 1.38. The van der Waals surface area contributed by atoms with Crippen molar-refractivity contribution in [3.05, 3.63) is 11.8 Å². The molecule has 13 heavy (non-hydrogen) atoms. The summed E-state index contributed by atoms with van der Waals surface area (Å²) < 4.78 is 0. The number of allylic oxidation sites excluding steroid dienone is 1. The van der Waals surface area contributed by atoms with E-state index in [0.717, 1.165) is 6.08 Å². The fraction of sp³-hybridized carbons (Fsp3) is 0.625. The molecular formula is C8H15NO4. The van der Waals surface area contributed by atoms with E-state index in [1.54, 1.807) is 0 Å². The number of aliphatic hydroxyl groups is 3. The number of aliphatic hydroxyl groups excluding tert-OH is 3. The van der Waals surface area contributed by atoms with Crippen molar-refractivity contribution >= 4 is 5.91 Å². The lowest BCUT2D eigenvalue weighted by molar-refractivity contribution is -0.127. The molecule has 0 rings (SSSR count). The molecule has 76 valence electrons. The molecule has 5 nitrogen and oxygen atoms in total. The van der Waals surface area contributed by atoms with Gasteiger partial charge >= 0.3 is 0 Å². The molecule has 0 atom stereocenters. The van der Waals surface area contributed by atoms with Crippen molar-refractivity contribution in [3.8, 4) is 0 Å². The highest BCUT2D eigenvalue weighted by atomic mass is 16.3. The quantitative estimate of drug-likeness (QED) is 0.393. The zero-order valence-corrected chi connectivity index (χ0v) is 7.60. The van der Waals surface area contributed by atoms with E-state index in [-0.39, 0.29) is 32.1 Å². The summed E-state index contributed by atoms with van der Waals surface area (Å²) in [5.41, 5.74) is 0. The Hall–Kier alpha value is -1.07. The Morgan fingerprint density at radius 3 is 2.08 bits per heavy atom. The maximum Gasteiger partial charge on any atom is 0.250 e. The Morgan fingerprint density at radius 2 is 1.77 bits per heavy atom. The van der Waals surface area contributed by atoms with Crippen LogP contribution in [0.15, 0.2) is 11.8 Å². The number of hydrogen-bond donors (Lipinski definition) is 3. The van der Waals surface area contributed by atoms with Gasteiger partial charge in [0, 0.05) is 19.2 Å². The number of carbonyl (C=O) groups is 1. The summed E-state index contributed by atoms with van der Waals surface area (Å²) in [6.45, 7) is 1.37. The summed E-state index contributed by atoms with van der Waals surface area (Å²) in [5, 5.41) is 26.0. The van der Waals surface area contributed by atoms with Gasteiger partial charge in [-0.3, -0.25) is 4.79 Å². The smallest absolute Gasteiger partial charge is 0.250 e. The SMILES string of the molecule is CC(O)=CC(=O)N(CCO)CCO. The van der Waals surface area contributed by atoms with E-state index in [1.165, 1.54) is 11.8 Å². The lowest BCUT2D eigenvalue weighted by Crippen LogP contribution is -2.34. The van der Waals surface area contributed by atoms with Gasteiger partial charge < -0.3 is 20.2 Å². The summed E-state index contributed by atoms with van der Waals surface area (Å²) in [5.74, 6) is -0.506. The van der Waals surface area contributed by atoms with Crippen molar-refractivity contribution in [2.45, 2.75) is 6.92 Å². The van der Waals surface area contributed by atoms with Gasteiger partial charge in [0.05, 0.1) is 19.0 Å². The van der Waals surface area contributed by atoms with Crippen molar-refractivity contribution in [2.75, 3.05) is 26.3 Å². The molecule has 0 aliphatic carbocycles. The maximum atomic E-state index is 11.2. The van der Waals surface area contributed by atoms with Crippen LogP contribution in [-0.2, 0) is 4.79 Å². The van der Waals surface area contributed by atoms with Crippen LogP contribution in [0.2, 0.25) is 0 Å². The minimum atomic E-state index is -0.414. The van der Waals surface area contributed by atoms with Crippen molar-refractivity contribution in [1.29, 1.82) is 0 Å². The van der Waals surface area contributed by atoms with Crippen LogP contribution in [-0.4, -0.2) is 52.4 Å². The predicted octanol–water partition coefficient (Wildman–Crippen LogP) is -0.739. The Bertz CT molecular complexity index is 181. The van der Waals surface area contributed by atoms with E-state index in [4.69, 9.17) is 15.3 Å². The highest BCUT2D eigenvalue weighted by Gasteiger charge is 2.09. The van der Waals surface area contributed by atoms with Crippen LogP contribution in [0.3, 0.4) is 0 Å². The second-order valence-corrected chi connectivity index (χ2v) is 2.56. The van der Waals surface area contributed by atoms with Crippen LogP contribution < -0.4 is 0 Å². The molecule has 3 N–H and O–H groups in total.